The monoisotopic (exact) mass is 643 g/mol. The first kappa shape index (κ1) is 29.0. The summed E-state index contributed by atoms with van der Waals surface area (Å²) in [5.74, 6) is 1.95. The lowest BCUT2D eigenvalue weighted by molar-refractivity contribution is 1.08. The van der Waals surface area contributed by atoms with Crippen LogP contribution in [0.1, 0.15) is 0 Å². The molecule has 2 aromatic heterocycles. The van der Waals surface area contributed by atoms with Crippen LogP contribution in [0.4, 0.5) is 0 Å². The van der Waals surface area contributed by atoms with E-state index in [-0.39, 0.29) is 0 Å². The van der Waals surface area contributed by atoms with Crippen LogP contribution in [0.15, 0.2) is 176 Å². The molecule has 0 saturated carbocycles. The van der Waals surface area contributed by atoms with Gasteiger partial charge in [0.25, 0.3) is 0 Å². The molecule has 4 heteroatoms. The maximum Gasteiger partial charge on any atom is 0.164 e. The van der Waals surface area contributed by atoms with E-state index in [1.165, 1.54) is 36.9 Å². The van der Waals surface area contributed by atoms with Gasteiger partial charge >= 0.3 is 0 Å². The molecule has 0 radical (unpaired) electrons. The summed E-state index contributed by atoms with van der Waals surface area (Å²) < 4.78 is 2.47. The van der Waals surface area contributed by atoms with E-state index in [0.29, 0.717) is 17.5 Å². The summed E-state index contributed by atoms with van der Waals surface area (Å²) in [7, 11) is 0. The fraction of sp³-hybridized carbons (Fsp3) is 0. The predicted molar refractivity (Wildman–Crippen MR) is 205 cm³/mol. The summed E-state index contributed by atoms with van der Waals surface area (Å²) in [5.41, 5.74) is 9.93. The van der Waals surface area contributed by atoms with Gasteiger partial charge in [-0.3, -0.25) is 0 Å². The van der Waals surface area contributed by atoms with Crippen LogP contribution in [0.2, 0.25) is 0 Å². The first-order chi connectivity index (χ1) is 24.3. The van der Waals surface area contributed by atoms with E-state index in [0.717, 1.165) is 33.4 Å². The molecule has 0 amide bonds. The van der Waals surface area contributed by atoms with Gasteiger partial charge in [0.15, 0.2) is 17.5 Å². The van der Waals surface area contributed by atoms with Gasteiger partial charge in [0.05, 0.1) is 0 Å². The topological polar surface area (TPSA) is 38.7 Å². The minimum Gasteiger partial charge on any atom is -0.208 e. The lowest BCUT2D eigenvalue weighted by Crippen LogP contribution is -2.00. The SMILES string of the molecule is c1ccc(-c2ccc(-c3nc(-c4cccc(-c5ccccc5)c4)nc(-c4cccc5sc6c(-c7ccccc7)cccc6c45)n3)cc2)cc1. The molecule has 49 heavy (non-hydrogen) atoms. The first-order valence-electron chi connectivity index (χ1n) is 16.4. The molecule has 230 valence electrons. The molecular formula is C45H29N3S. The normalized spacial score (nSPS) is 11.3. The van der Waals surface area contributed by atoms with Crippen molar-refractivity contribution in [3.8, 4) is 67.5 Å². The fourth-order valence-electron chi connectivity index (χ4n) is 6.54. The van der Waals surface area contributed by atoms with E-state index < -0.39 is 0 Å². The molecule has 2 heterocycles. The third-order valence-electron chi connectivity index (χ3n) is 8.96. The van der Waals surface area contributed by atoms with Gasteiger partial charge in [0, 0.05) is 36.9 Å². The number of hydrogen-bond acceptors (Lipinski definition) is 4. The smallest absolute Gasteiger partial charge is 0.164 e. The van der Waals surface area contributed by atoms with Gasteiger partial charge in [-0.2, -0.15) is 0 Å². The van der Waals surface area contributed by atoms with Crippen molar-refractivity contribution in [3.05, 3.63) is 176 Å². The molecule has 0 saturated heterocycles. The van der Waals surface area contributed by atoms with Gasteiger partial charge < -0.3 is 0 Å². The Labute approximate surface area is 288 Å². The average molecular weight is 644 g/mol. The number of fused-ring (bicyclic) bond motifs is 3. The van der Waals surface area contributed by atoms with Crippen molar-refractivity contribution in [2.75, 3.05) is 0 Å². The second-order valence-electron chi connectivity index (χ2n) is 12.0. The zero-order valence-corrected chi connectivity index (χ0v) is 27.3. The van der Waals surface area contributed by atoms with Gasteiger partial charge in [-0.05, 0) is 45.5 Å². The van der Waals surface area contributed by atoms with Crippen molar-refractivity contribution in [1.29, 1.82) is 0 Å². The van der Waals surface area contributed by atoms with E-state index in [4.69, 9.17) is 15.0 Å². The van der Waals surface area contributed by atoms with Crippen molar-refractivity contribution >= 4 is 31.5 Å². The first-order valence-corrected chi connectivity index (χ1v) is 17.2. The highest BCUT2D eigenvalue weighted by molar-refractivity contribution is 7.26. The summed E-state index contributed by atoms with van der Waals surface area (Å²) in [6.07, 6.45) is 0. The van der Waals surface area contributed by atoms with Crippen LogP contribution in [-0.2, 0) is 0 Å². The number of nitrogens with zero attached hydrogens (tertiary/aromatic N) is 3. The fourth-order valence-corrected chi connectivity index (χ4v) is 7.81. The summed E-state index contributed by atoms with van der Waals surface area (Å²) in [5, 5.41) is 2.37. The van der Waals surface area contributed by atoms with Gasteiger partial charge in [0.1, 0.15) is 0 Å². The van der Waals surface area contributed by atoms with Crippen LogP contribution in [0.3, 0.4) is 0 Å². The van der Waals surface area contributed by atoms with Gasteiger partial charge in [0.2, 0.25) is 0 Å². The minimum atomic E-state index is 0.645. The molecule has 0 spiro atoms. The maximum atomic E-state index is 5.20. The Morgan fingerprint density at radius 1 is 0.327 bits per heavy atom. The molecule has 0 unspecified atom stereocenters. The summed E-state index contributed by atoms with van der Waals surface area (Å²) in [6, 6.07) is 61.5. The van der Waals surface area contributed by atoms with Crippen LogP contribution in [-0.4, -0.2) is 15.0 Å². The molecule has 0 aliphatic heterocycles. The Hall–Kier alpha value is -6.23. The lowest BCUT2D eigenvalue weighted by atomic mass is 10.0. The Bertz CT molecular complexity index is 2580. The molecule has 0 aliphatic carbocycles. The van der Waals surface area contributed by atoms with Crippen molar-refractivity contribution in [3.63, 3.8) is 0 Å². The quantitative estimate of drug-likeness (QED) is 0.181. The Kier molecular flexibility index (Phi) is 7.34. The second kappa shape index (κ2) is 12.4. The van der Waals surface area contributed by atoms with Crippen LogP contribution in [0, 0.1) is 0 Å². The number of aromatic nitrogens is 3. The second-order valence-corrected chi connectivity index (χ2v) is 13.1. The summed E-state index contributed by atoms with van der Waals surface area (Å²) >= 11 is 1.82. The Balaban J connectivity index is 1.24. The summed E-state index contributed by atoms with van der Waals surface area (Å²) in [6.45, 7) is 0. The van der Waals surface area contributed by atoms with Gasteiger partial charge in [-0.15, -0.1) is 11.3 Å². The van der Waals surface area contributed by atoms with Crippen LogP contribution < -0.4 is 0 Å². The van der Waals surface area contributed by atoms with Crippen molar-refractivity contribution < 1.29 is 0 Å². The molecule has 9 aromatic rings. The van der Waals surface area contributed by atoms with Gasteiger partial charge in [-0.25, -0.2) is 15.0 Å². The van der Waals surface area contributed by atoms with Crippen LogP contribution in [0.25, 0.3) is 87.7 Å². The van der Waals surface area contributed by atoms with E-state index >= 15 is 0 Å². The van der Waals surface area contributed by atoms with Crippen LogP contribution >= 0.6 is 11.3 Å². The van der Waals surface area contributed by atoms with Crippen molar-refractivity contribution in [2.24, 2.45) is 0 Å². The number of benzene rings is 7. The van der Waals surface area contributed by atoms with Crippen molar-refractivity contribution in [2.45, 2.75) is 0 Å². The van der Waals surface area contributed by atoms with E-state index in [2.05, 4.69) is 164 Å². The highest BCUT2D eigenvalue weighted by Crippen LogP contribution is 2.43. The Morgan fingerprint density at radius 3 is 1.53 bits per heavy atom. The highest BCUT2D eigenvalue weighted by Gasteiger charge is 2.18. The molecule has 0 N–H and O–H groups in total. The minimum absolute atomic E-state index is 0.645. The van der Waals surface area contributed by atoms with E-state index in [1.54, 1.807) is 0 Å². The molecule has 3 nitrogen and oxygen atoms in total. The Morgan fingerprint density at radius 2 is 0.816 bits per heavy atom. The molecule has 0 atom stereocenters. The van der Waals surface area contributed by atoms with Crippen molar-refractivity contribution in [1.82, 2.24) is 15.0 Å². The summed E-state index contributed by atoms with van der Waals surface area (Å²) in [4.78, 5) is 15.5. The lowest BCUT2D eigenvalue weighted by Gasteiger charge is -2.11. The highest BCUT2D eigenvalue weighted by atomic mass is 32.1. The zero-order chi connectivity index (χ0) is 32.6. The molecule has 7 aromatic carbocycles. The average Bonchev–Trinajstić information content (AvgIpc) is 3.58. The number of thiophene rings is 1. The molecule has 0 fully saturated rings. The van der Waals surface area contributed by atoms with Crippen LogP contribution in [0.5, 0.6) is 0 Å². The molecule has 9 rings (SSSR count). The molecular weight excluding hydrogens is 615 g/mol. The number of rotatable bonds is 6. The molecule has 0 bridgehead atoms. The third kappa shape index (κ3) is 5.48. The third-order valence-corrected chi connectivity index (χ3v) is 10.2. The largest absolute Gasteiger partial charge is 0.208 e. The van der Waals surface area contributed by atoms with E-state index in [1.807, 2.05) is 23.5 Å². The molecule has 0 aliphatic rings. The standard InChI is InChI=1S/C45H29N3S/c1-4-13-30(14-5-1)32-25-27-34(28-26-32)43-46-44(36-20-10-19-35(29-36)31-15-6-2-7-16-31)48-45(47-43)39-23-12-24-40-41(39)38-22-11-21-37(42(38)49-40)33-17-8-3-9-18-33/h1-29H. The number of hydrogen-bond donors (Lipinski definition) is 0. The van der Waals surface area contributed by atoms with E-state index in [9.17, 15) is 0 Å². The zero-order valence-electron chi connectivity index (χ0n) is 26.5. The van der Waals surface area contributed by atoms with Gasteiger partial charge in [-0.1, -0.05) is 164 Å². The maximum absolute atomic E-state index is 5.20. The predicted octanol–water partition coefficient (Wildman–Crippen LogP) is 12.2.